The first-order valence-corrected chi connectivity index (χ1v) is 10.1. The van der Waals surface area contributed by atoms with Crippen LogP contribution >= 0.6 is 0 Å². The van der Waals surface area contributed by atoms with Crippen molar-refractivity contribution in [3.05, 3.63) is 75.7 Å². The molecule has 3 rings (SSSR count). The van der Waals surface area contributed by atoms with Crippen molar-refractivity contribution >= 4 is 15.7 Å². The lowest BCUT2D eigenvalue weighted by molar-refractivity contribution is 0.100. The van der Waals surface area contributed by atoms with Crippen molar-refractivity contribution in [1.29, 1.82) is 0 Å². The highest BCUT2D eigenvalue weighted by atomic mass is 32.2. The molecule has 2 aromatic carbocycles. The predicted molar refractivity (Wildman–Crippen MR) is 98.7 cm³/mol. The van der Waals surface area contributed by atoms with E-state index in [-0.39, 0.29) is 11.7 Å². The summed E-state index contributed by atoms with van der Waals surface area (Å²) in [5, 5.41) is 3.10. The van der Waals surface area contributed by atoms with Crippen molar-refractivity contribution in [2.24, 2.45) is 11.0 Å². The Hall–Kier alpha value is -2.63. The second-order valence-corrected chi connectivity index (χ2v) is 8.69. The average Bonchev–Trinajstić information content (AvgIpc) is 3.48. The van der Waals surface area contributed by atoms with E-state index in [2.05, 4.69) is 10.0 Å². The van der Waals surface area contributed by atoms with E-state index in [9.17, 15) is 13.2 Å². The lowest BCUT2D eigenvalue weighted by atomic mass is 9.87. The summed E-state index contributed by atoms with van der Waals surface area (Å²) in [5.74, 6) is 0.0118. The largest absolute Gasteiger partial charge is 0.287 e. The lowest BCUT2D eigenvalue weighted by Gasteiger charge is -2.18. The molecule has 1 aliphatic carbocycles. The molecule has 1 saturated carbocycles. The summed E-state index contributed by atoms with van der Waals surface area (Å²) in [6.07, 6.45) is 2.18. The van der Waals surface area contributed by atoms with Crippen LogP contribution in [-0.2, 0) is 9.84 Å². The minimum Gasteiger partial charge on any atom is -0.287 e. The van der Waals surface area contributed by atoms with Gasteiger partial charge in [0.25, 0.3) is 0 Å². The molecule has 0 saturated heterocycles. The molecule has 0 radical (unpaired) electrons. The number of sulfone groups is 1. The monoisotopic (exact) mass is 369 g/mol. The van der Waals surface area contributed by atoms with Crippen molar-refractivity contribution in [2.75, 3.05) is 5.75 Å². The zero-order valence-electron chi connectivity index (χ0n) is 14.4. The molecular formula is C19H19N3O3S. The smallest absolute Gasteiger partial charge is 0.249 e. The Balaban J connectivity index is 1.97. The highest BCUT2D eigenvalue weighted by Crippen LogP contribution is 2.46. The fraction of sp³-hybridized carbons (Fsp3) is 0.316. The molecule has 1 unspecified atom stereocenters. The molecule has 0 heterocycles. The van der Waals surface area contributed by atoms with Crippen LogP contribution in [0.25, 0.3) is 10.4 Å². The number of nitrogens with zero attached hydrogens (tertiary/aromatic N) is 3. The zero-order valence-corrected chi connectivity index (χ0v) is 15.2. The summed E-state index contributed by atoms with van der Waals surface area (Å²) in [5.41, 5.74) is 10.7. The fourth-order valence-corrected chi connectivity index (χ4v) is 4.10. The third kappa shape index (κ3) is 3.79. The predicted octanol–water partition coefficient (Wildman–Crippen LogP) is 4.47. The second kappa shape index (κ2) is 7.32. The maximum Gasteiger partial charge on any atom is 0.249 e. The zero-order chi connectivity index (χ0) is 18.7. The number of carbonyl (C=O) groups excluding carboxylic acids is 1. The molecule has 0 aromatic heterocycles. The van der Waals surface area contributed by atoms with E-state index in [4.69, 9.17) is 5.53 Å². The van der Waals surface area contributed by atoms with Crippen molar-refractivity contribution in [1.82, 2.24) is 0 Å². The van der Waals surface area contributed by atoms with E-state index in [0.717, 1.165) is 24.0 Å². The molecule has 26 heavy (non-hydrogen) atoms. The highest BCUT2D eigenvalue weighted by Gasteiger charge is 2.34. The first kappa shape index (κ1) is 18.2. The van der Waals surface area contributed by atoms with Crippen molar-refractivity contribution < 1.29 is 13.2 Å². The van der Waals surface area contributed by atoms with E-state index in [1.54, 1.807) is 37.3 Å². The summed E-state index contributed by atoms with van der Waals surface area (Å²) in [6, 6.07) is 14.1. The van der Waals surface area contributed by atoms with Crippen LogP contribution in [0.2, 0.25) is 0 Å². The lowest BCUT2D eigenvalue weighted by Crippen LogP contribution is -2.08. The van der Waals surface area contributed by atoms with Gasteiger partial charge in [-0.1, -0.05) is 43.3 Å². The quantitative estimate of drug-likeness (QED) is 0.426. The Morgan fingerprint density at radius 2 is 1.88 bits per heavy atom. The van der Waals surface area contributed by atoms with Crippen LogP contribution < -0.4 is 0 Å². The van der Waals surface area contributed by atoms with Crippen LogP contribution in [0.3, 0.4) is 0 Å². The van der Waals surface area contributed by atoms with Gasteiger partial charge in [0, 0.05) is 16.4 Å². The number of hydrogen-bond acceptors (Lipinski definition) is 3. The highest BCUT2D eigenvalue weighted by molar-refractivity contribution is 7.91. The number of rotatable bonds is 6. The average molecular weight is 369 g/mol. The molecule has 0 spiro atoms. The number of carbonyl (C=O) groups is 1. The number of azide groups is 1. The number of amides is 1. The molecule has 0 bridgehead atoms. The van der Waals surface area contributed by atoms with Crippen LogP contribution in [0.5, 0.6) is 0 Å². The van der Waals surface area contributed by atoms with Crippen LogP contribution in [-0.4, -0.2) is 20.1 Å². The molecule has 0 aliphatic heterocycles. The first-order valence-electron chi connectivity index (χ1n) is 8.48. The Bertz CT molecular complexity index is 973. The molecule has 7 heteroatoms. The topological polar surface area (TPSA) is 100.0 Å². The first-order chi connectivity index (χ1) is 12.5. The summed E-state index contributed by atoms with van der Waals surface area (Å²) < 4.78 is 24.4. The third-order valence-corrected chi connectivity index (χ3v) is 6.43. The molecule has 134 valence electrons. The van der Waals surface area contributed by atoms with Crippen LogP contribution in [0.1, 0.15) is 47.2 Å². The summed E-state index contributed by atoms with van der Waals surface area (Å²) in [6.45, 7) is 1.64. The molecule has 1 aliphatic rings. The van der Waals surface area contributed by atoms with E-state index >= 15 is 0 Å². The molecule has 6 nitrogen and oxygen atoms in total. The van der Waals surface area contributed by atoms with Crippen LogP contribution in [0.15, 0.2) is 58.5 Å². The minimum absolute atomic E-state index is 0.0702. The summed E-state index contributed by atoms with van der Waals surface area (Å²) >= 11 is 0. The van der Waals surface area contributed by atoms with Crippen LogP contribution in [0.4, 0.5) is 0 Å². The second-order valence-electron chi connectivity index (χ2n) is 6.41. The SMILES string of the molecule is CCS(=O)(=O)c1cccc(C(c2ccc(C(=O)N=[N+]=[N-])cc2)C2CC2)c1. The molecule has 0 N–H and O–H groups in total. The van der Waals surface area contributed by atoms with Gasteiger partial charge in [-0.25, -0.2) is 8.42 Å². The molecule has 1 fully saturated rings. The van der Waals surface area contributed by atoms with E-state index < -0.39 is 15.7 Å². The fourth-order valence-electron chi connectivity index (χ4n) is 3.17. The van der Waals surface area contributed by atoms with E-state index in [1.165, 1.54) is 0 Å². The van der Waals surface area contributed by atoms with Crippen molar-refractivity contribution in [3.63, 3.8) is 0 Å². The van der Waals surface area contributed by atoms with Gasteiger partial charge in [-0.2, -0.15) is 0 Å². The Labute approximate surface area is 152 Å². The normalized spacial score (nSPS) is 15.1. The van der Waals surface area contributed by atoms with Gasteiger partial charge in [0.05, 0.1) is 10.6 Å². The summed E-state index contributed by atoms with van der Waals surface area (Å²) in [7, 11) is -3.26. The molecule has 1 atom stereocenters. The Morgan fingerprint density at radius 1 is 1.19 bits per heavy atom. The minimum atomic E-state index is -3.26. The van der Waals surface area contributed by atoms with Crippen molar-refractivity contribution in [3.8, 4) is 0 Å². The Morgan fingerprint density at radius 3 is 2.46 bits per heavy atom. The van der Waals surface area contributed by atoms with Gasteiger partial charge < -0.3 is 0 Å². The van der Waals surface area contributed by atoms with Crippen molar-refractivity contribution in [2.45, 2.75) is 30.6 Å². The molecular weight excluding hydrogens is 350 g/mol. The van der Waals surface area contributed by atoms with E-state index in [1.807, 2.05) is 18.2 Å². The van der Waals surface area contributed by atoms with Gasteiger partial charge in [0.1, 0.15) is 0 Å². The summed E-state index contributed by atoms with van der Waals surface area (Å²) in [4.78, 5) is 14.5. The maximum absolute atomic E-state index is 12.2. The van der Waals surface area contributed by atoms with Gasteiger partial charge in [0.2, 0.25) is 5.91 Å². The van der Waals surface area contributed by atoms with Gasteiger partial charge in [-0.15, -0.1) is 0 Å². The number of benzene rings is 2. The standard InChI is InChI=1S/C19H19N3O3S/c1-2-26(24,25)17-5-3-4-16(12-17)18(13-6-7-13)14-8-10-15(11-9-14)19(23)21-22-20/h3-5,8-13,18H,2,6-7H2,1H3. The molecule has 1 amide bonds. The molecule has 2 aromatic rings. The Kier molecular flexibility index (Phi) is 5.11. The third-order valence-electron chi connectivity index (χ3n) is 4.70. The van der Waals surface area contributed by atoms with Crippen LogP contribution in [0, 0.1) is 5.92 Å². The van der Waals surface area contributed by atoms with Gasteiger partial charge in [-0.05, 0) is 52.7 Å². The van der Waals surface area contributed by atoms with Gasteiger partial charge in [-0.3, -0.25) is 4.79 Å². The van der Waals surface area contributed by atoms with E-state index in [0.29, 0.717) is 16.4 Å². The van der Waals surface area contributed by atoms with Gasteiger partial charge in [0.15, 0.2) is 9.84 Å². The number of hydrogen-bond donors (Lipinski definition) is 0. The maximum atomic E-state index is 12.2. The van der Waals surface area contributed by atoms with Gasteiger partial charge >= 0.3 is 0 Å².